The number of carbonyl (C=O) groups excluding carboxylic acids is 1. The Labute approximate surface area is 128 Å². The summed E-state index contributed by atoms with van der Waals surface area (Å²) in [4.78, 5) is 12.2. The summed E-state index contributed by atoms with van der Waals surface area (Å²) < 4.78 is 2.89. The highest BCUT2D eigenvalue weighted by atomic mass is 79.9. The van der Waals surface area contributed by atoms with Crippen LogP contribution < -0.4 is 11.1 Å². The molecule has 3 N–H and O–H groups in total. The molecule has 0 aliphatic heterocycles. The van der Waals surface area contributed by atoms with E-state index in [1.165, 1.54) is 6.42 Å². The summed E-state index contributed by atoms with van der Waals surface area (Å²) in [5.41, 5.74) is 6.60. The van der Waals surface area contributed by atoms with Gasteiger partial charge in [0.15, 0.2) is 0 Å². The number of aromatic nitrogens is 1. The normalized spacial score (nSPS) is 16.7. The Morgan fingerprint density at radius 1 is 1.58 bits per heavy atom. The van der Waals surface area contributed by atoms with Crippen LogP contribution in [-0.4, -0.2) is 22.6 Å². The fraction of sp³-hybridized carbons (Fsp3) is 0.615. The lowest BCUT2D eigenvalue weighted by Gasteiger charge is -2.38. The average Bonchev–Trinajstić information content (AvgIpc) is 2.66. The van der Waals surface area contributed by atoms with Crippen molar-refractivity contribution in [3.63, 3.8) is 0 Å². The minimum Gasteiger partial charge on any atom is -0.349 e. The lowest BCUT2D eigenvalue weighted by molar-refractivity contribution is 0.0919. The standard InChI is InChI=1S/C13H20BrN3O.ClH/c1-9(2)17-7-10(14)6-11(17)12(18)16-8-13(15)4-3-5-13;/h6-7,9H,3-5,8,15H2,1-2H3,(H,16,18);1H. The van der Waals surface area contributed by atoms with Gasteiger partial charge in [0.1, 0.15) is 5.69 Å². The molecular formula is C13H21BrClN3O. The zero-order valence-electron chi connectivity index (χ0n) is 11.3. The molecular weight excluding hydrogens is 330 g/mol. The van der Waals surface area contributed by atoms with Crippen molar-refractivity contribution in [2.24, 2.45) is 5.73 Å². The number of nitrogens with two attached hydrogens (primary N) is 1. The largest absolute Gasteiger partial charge is 0.349 e. The van der Waals surface area contributed by atoms with Crippen molar-refractivity contribution in [3.8, 4) is 0 Å². The van der Waals surface area contributed by atoms with Crippen LogP contribution in [0.4, 0.5) is 0 Å². The highest BCUT2D eigenvalue weighted by molar-refractivity contribution is 9.10. The predicted octanol–water partition coefficient (Wildman–Crippen LogP) is 2.86. The smallest absolute Gasteiger partial charge is 0.268 e. The van der Waals surface area contributed by atoms with Crippen LogP contribution in [0.3, 0.4) is 0 Å². The first-order chi connectivity index (χ1) is 8.41. The summed E-state index contributed by atoms with van der Waals surface area (Å²) in [6, 6.07) is 2.10. The number of nitrogens with zero attached hydrogens (tertiary/aromatic N) is 1. The first kappa shape index (κ1) is 16.5. The summed E-state index contributed by atoms with van der Waals surface area (Å²) in [5, 5.41) is 2.94. The van der Waals surface area contributed by atoms with E-state index < -0.39 is 0 Å². The Morgan fingerprint density at radius 3 is 2.68 bits per heavy atom. The maximum Gasteiger partial charge on any atom is 0.268 e. The van der Waals surface area contributed by atoms with Crippen LogP contribution in [0.2, 0.25) is 0 Å². The first-order valence-corrected chi connectivity index (χ1v) is 7.15. The van der Waals surface area contributed by atoms with Gasteiger partial charge in [-0.3, -0.25) is 4.79 Å². The molecule has 1 aromatic heterocycles. The zero-order chi connectivity index (χ0) is 13.3. The fourth-order valence-electron chi connectivity index (χ4n) is 2.21. The van der Waals surface area contributed by atoms with Gasteiger partial charge < -0.3 is 15.6 Å². The second-order valence-electron chi connectivity index (χ2n) is 5.44. The molecule has 1 aliphatic rings. The van der Waals surface area contributed by atoms with Gasteiger partial charge in [0.25, 0.3) is 5.91 Å². The molecule has 2 rings (SSSR count). The number of hydrogen-bond donors (Lipinski definition) is 2. The lowest BCUT2D eigenvalue weighted by Crippen LogP contribution is -2.55. The third kappa shape index (κ3) is 3.74. The highest BCUT2D eigenvalue weighted by Gasteiger charge is 2.33. The second-order valence-corrected chi connectivity index (χ2v) is 6.36. The molecule has 19 heavy (non-hydrogen) atoms. The van der Waals surface area contributed by atoms with Gasteiger partial charge in [0, 0.05) is 28.8 Å². The van der Waals surface area contributed by atoms with Crippen LogP contribution in [-0.2, 0) is 0 Å². The SMILES string of the molecule is CC(C)n1cc(Br)cc1C(=O)NCC1(N)CCC1.Cl. The number of carbonyl (C=O) groups is 1. The van der Waals surface area contributed by atoms with Crippen LogP contribution in [0.25, 0.3) is 0 Å². The lowest BCUT2D eigenvalue weighted by atomic mass is 9.78. The molecule has 0 radical (unpaired) electrons. The number of amides is 1. The Hall–Kier alpha value is -0.520. The van der Waals surface area contributed by atoms with E-state index in [2.05, 4.69) is 35.1 Å². The molecule has 0 atom stereocenters. The van der Waals surface area contributed by atoms with Gasteiger partial charge in [-0.25, -0.2) is 0 Å². The molecule has 1 aromatic rings. The van der Waals surface area contributed by atoms with E-state index in [1.807, 2.05) is 16.8 Å². The van der Waals surface area contributed by atoms with Gasteiger partial charge in [-0.2, -0.15) is 0 Å². The van der Waals surface area contributed by atoms with Crippen LogP contribution in [0.5, 0.6) is 0 Å². The van der Waals surface area contributed by atoms with E-state index in [9.17, 15) is 4.79 Å². The third-order valence-electron chi connectivity index (χ3n) is 3.55. The second kappa shape index (κ2) is 6.29. The molecule has 0 unspecified atom stereocenters. The van der Waals surface area contributed by atoms with Crippen molar-refractivity contribution in [2.45, 2.75) is 44.7 Å². The van der Waals surface area contributed by atoms with E-state index in [-0.39, 0.29) is 29.9 Å². The van der Waals surface area contributed by atoms with Gasteiger partial charge in [0.05, 0.1) is 0 Å². The Bertz CT molecular complexity index is 455. The Kier molecular flexibility index (Phi) is 5.47. The number of rotatable bonds is 4. The number of hydrogen-bond acceptors (Lipinski definition) is 2. The van der Waals surface area contributed by atoms with E-state index >= 15 is 0 Å². The van der Waals surface area contributed by atoms with Crippen LogP contribution in [0.1, 0.15) is 49.6 Å². The van der Waals surface area contributed by atoms with Crippen molar-refractivity contribution in [3.05, 3.63) is 22.4 Å². The summed E-state index contributed by atoms with van der Waals surface area (Å²) in [6.07, 6.45) is 5.10. The molecule has 0 spiro atoms. The molecule has 1 amide bonds. The number of halogens is 2. The molecule has 0 bridgehead atoms. The van der Waals surface area contributed by atoms with Gasteiger partial charge in [-0.05, 0) is 55.1 Å². The third-order valence-corrected chi connectivity index (χ3v) is 3.99. The van der Waals surface area contributed by atoms with Crippen LogP contribution in [0, 0.1) is 0 Å². The predicted molar refractivity (Wildman–Crippen MR) is 82.9 cm³/mol. The maximum absolute atomic E-state index is 12.2. The first-order valence-electron chi connectivity index (χ1n) is 6.36. The molecule has 1 saturated carbocycles. The average molecular weight is 351 g/mol. The van der Waals surface area contributed by atoms with E-state index in [1.54, 1.807) is 0 Å². The molecule has 108 valence electrons. The summed E-state index contributed by atoms with van der Waals surface area (Å²) in [6.45, 7) is 4.67. The van der Waals surface area contributed by atoms with Gasteiger partial charge >= 0.3 is 0 Å². The van der Waals surface area contributed by atoms with Crippen LogP contribution >= 0.6 is 28.3 Å². The summed E-state index contributed by atoms with van der Waals surface area (Å²) in [5.74, 6) is -0.0499. The molecule has 0 aromatic carbocycles. The van der Waals surface area contributed by atoms with Crippen molar-refractivity contribution in [1.29, 1.82) is 0 Å². The molecule has 4 nitrogen and oxygen atoms in total. The van der Waals surface area contributed by atoms with Crippen LogP contribution in [0.15, 0.2) is 16.7 Å². The minimum atomic E-state index is -0.178. The molecule has 1 heterocycles. The van der Waals surface area contributed by atoms with E-state index in [4.69, 9.17) is 5.73 Å². The Balaban J connectivity index is 0.00000180. The molecule has 0 saturated heterocycles. The molecule has 1 aliphatic carbocycles. The minimum absolute atomic E-state index is 0. The van der Waals surface area contributed by atoms with Gasteiger partial charge in [0.2, 0.25) is 0 Å². The van der Waals surface area contributed by atoms with Crippen molar-refractivity contribution in [2.75, 3.05) is 6.54 Å². The summed E-state index contributed by atoms with van der Waals surface area (Å²) >= 11 is 3.41. The van der Waals surface area contributed by atoms with E-state index in [0.29, 0.717) is 12.2 Å². The fourth-order valence-corrected chi connectivity index (χ4v) is 2.65. The quantitative estimate of drug-likeness (QED) is 0.877. The highest BCUT2D eigenvalue weighted by Crippen LogP contribution is 2.28. The molecule has 6 heteroatoms. The van der Waals surface area contributed by atoms with Gasteiger partial charge in [-0.1, -0.05) is 0 Å². The van der Waals surface area contributed by atoms with Gasteiger partial charge in [-0.15, -0.1) is 12.4 Å². The molecule has 1 fully saturated rings. The van der Waals surface area contributed by atoms with Crippen molar-refractivity contribution in [1.82, 2.24) is 9.88 Å². The van der Waals surface area contributed by atoms with E-state index in [0.717, 1.165) is 17.3 Å². The number of nitrogens with one attached hydrogen (secondary N) is 1. The monoisotopic (exact) mass is 349 g/mol. The Morgan fingerprint density at radius 2 is 2.21 bits per heavy atom. The maximum atomic E-state index is 12.2. The van der Waals surface area contributed by atoms with Crippen molar-refractivity contribution < 1.29 is 4.79 Å². The van der Waals surface area contributed by atoms with Crippen molar-refractivity contribution >= 4 is 34.2 Å². The zero-order valence-corrected chi connectivity index (χ0v) is 13.7. The summed E-state index contributed by atoms with van der Waals surface area (Å²) in [7, 11) is 0. The topological polar surface area (TPSA) is 60.0 Å².